The summed E-state index contributed by atoms with van der Waals surface area (Å²) in [5.74, 6) is 0.953. The first-order valence-electron chi connectivity index (χ1n) is 8.96. The molecule has 3 heterocycles. The van der Waals surface area contributed by atoms with E-state index in [0.29, 0.717) is 16.4 Å². The zero-order valence-electron chi connectivity index (χ0n) is 15.9. The third-order valence-electron chi connectivity index (χ3n) is 4.15. The number of thiazole rings is 1. The van der Waals surface area contributed by atoms with E-state index in [-0.39, 0.29) is 42.7 Å². The van der Waals surface area contributed by atoms with Gasteiger partial charge in [0.25, 0.3) is 11.1 Å². The van der Waals surface area contributed by atoms with Crippen molar-refractivity contribution in [3.63, 3.8) is 0 Å². The van der Waals surface area contributed by atoms with Gasteiger partial charge < -0.3 is 14.8 Å². The maximum Gasteiger partial charge on any atom is 0.293 e. The lowest BCUT2D eigenvalue weighted by atomic mass is 10.2. The van der Waals surface area contributed by atoms with Gasteiger partial charge in [-0.1, -0.05) is 17.8 Å². The standard InChI is InChI=1S/C19H17N3O5S3/c1-11-8-28-18(21-11)29-9-16(23)20-4-5-22-17(24)15(30-19(22)25)7-12-2-3-13-14(6-12)27-10-26-13/h2-3,6-8H,4-5,9-10H2,1H3,(H,20,23)/b15-7-. The van der Waals surface area contributed by atoms with E-state index < -0.39 is 0 Å². The molecule has 0 saturated carbocycles. The number of hydrogen-bond donors (Lipinski definition) is 1. The molecule has 156 valence electrons. The first kappa shape index (κ1) is 20.8. The maximum atomic E-state index is 12.6. The van der Waals surface area contributed by atoms with Gasteiger partial charge in [0, 0.05) is 24.2 Å². The fourth-order valence-corrected chi connectivity index (χ4v) is 5.28. The Hall–Kier alpha value is -2.50. The van der Waals surface area contributed by atoms with Crippen LogP contribution in [0.2, 0.25) is 0 Å². The number of rotatable bonds is 7. The fourth-order valence-electron chi connectivity index (χ4n) is 2.73. The molecule has 0 radical (unpaired) electrons. The molecule has 30 heavy (non-hydrogen) atoms. The normalized spacial score (nSPS) is 16.6. The molecule has 11 heteroatoms. The second-order valence-corrected chi connectivity index (χ2v) is 9.41. The van der Waals surface area contributed by atoms with Crippen LogP contribution in [0.1, 0.15) is 11.3 Å². The van der Waals surface area contributed by atoms with Gasteiger partial charge >= 0.3 is 0 Å². The molecule has 2 aromatic rings. The number of amides is 3. The largest absolute Gasteiger partial charge is 0.454 e. The number of thioether (sulfide) groups is 2. The van der Waals surface area contributed by atoms with Crippen molar-refractivity contribution in [2.24, 2.45) is 0 Å². The molecule has 0 bridgehead atoms. The molecule has 0 unspecified atom stereocenters. The SMILES string of the molecule is Cc1csc(SCC(=O)NCCN2C(=O)S/C(=C\c3ccc4c(c3)OCO4)C2=O)n1. The zero-order valence-corrected chi connectivity index (χ0v) is 18.3. The molecule has 3 amide bonds. The Labute approximate surface area is 185 Å². The highest BCUT2D eigenvalue weighted by Crippen LogP contribution is 2.36. The number of carbonyl (C=O) groups excluding carboxylic acids is 3. The Kier molecular flexibility index (Phi) is 6.30. The summed E-state index contributed by atoms with van der Waals surface area (Å²) in [6.07, 6.45) is 1.65. The third-order valence-corrected chi connectivity index (χ3v) is 7.20. The van der Waals surface area contributed by atoms with Crippen molar-refractivity contribution in [3.05, 3.63) is 39.7 Å². The lowest BCUT2D eigenvalue weighted by Gasteiger charge is -2.12. The minimum absolute atomic E-state index is 0.121. The Morgan fingerprint density at radius 1 is 1.33 bits per heavy atom. The van der Waals surface area contributed by atoms with Crippen LogP contribution in [0.25, 0.3) is 6.08 Å². The van der Waals surface area contributed by atoms with E-state index in [9.17, 15) is 14.4 Å². The highest BCUT2D eigenvalue weighted by molar-refractivity contribution is 8.18. The molecule has 8 nitrogen and oxygen atoms in total. The molecule has 4 rings (SSSR count). The van der Waals surface area contributed by atoms with Crippen molar-refractivity contribution < 1.29 is 23.9 Å². The molecule has 0 atom stereocenters. The minimum atomic E-state index is -0.371. The molecule has 1 saturated heterocycles. The Balaban J connectivity index is 1.28. The monoisotopic (exact) mass is 463 g/mol. The van der Waals surface area contributed by atoms with E-state index >= 15 is 0 Å². The molecule has 2 aliphatic heterocycles. The van der Waals surface area contributed by atoms with Gasteiger partial charge in [0.2, 0.25) is 12.7 Å². The van der Waals surface area contributed by atoms with E-state index in [0.717, 1.165) is 32.3 Å². The van der Waals surface area contributed by atoms with Crippen LogP contribution in [-0.4, -0.2) is 52.6 Å². The number of imide groups is 1. The fraction of sp³-hybridized carbons (Fsp3) is 0.263. The van der Waals surface area contributed by atoms with E-state index in [1.54, 1.807) is 24.3 Å². The number of nitrogens with zero attached hydrogens (tertiary/aromatic N) is 2. The molecule has 1 N–H and O–H groups in total. The minimum Gasteiger partial charge on any atom is -0.454 e. The Morgan fingerprint density at radius 2 is 2.17 bits per heavy atom. The van der Waals surface area contributed by atoms with E-state index in [2.05, 4.69) is 10.3 Å². The van der Waals surface area contributed by atoms with Gasteiger partial charge in [-0.15, -0.1) is 11.3 Å². The maximum absolute atomic E-state index is 12.6. The Morgan fingerprint density at radius 3 is 2.97 bits per heavy atom. The predicted molar refractivity (Wildman–Crippen MR) is 116 cm³/mol. The molecule has 0 spiro atoms. The zero-order chi connectivity index (χ0) is 21.1. The second-order valence-electron chi connectivity index (χ2n) is 6.34. The van der Waals surface area contributed by atoms with Crippen molar-refractivity contribution in [1.82, 2.24) is 15.2 Å². The van der Waals surface area contributed by atoms with Gasteiger partial charge in [-0.3, -0.25) is 19.3 Å². The van der Waals surface area contributed by atoms with Crippen LogP contribution in [0.4, 0.5) is 4.79 Å². The number of hydrogen-bond acceptors (Lipinski definition) is 9. The number of aryl methyl sites for hydroxylation is 1. The number of aromatic nitrogens is 1. The third kappa shape index (κ3) is 4.79. The van der Waals surface area contributed by atoms with E-state index in [1.807, 2.05) is 12.3 Å². The number of fused-ring (bicyclic) bond motifs is 1. The lowest BCUT2D eigenvalue weighted by molar-refractivity contribution is -0.123. The van der Waals surface area contributed by atoms with E-state index in [4.69, 9.17) is 9.47 Å². The topological polar surface area (TPSA) is 97.8 Å². The summed E-state index contributed by atoms with van der Waals surface area (Å²) in [6, 6.07) is 5.32. The molecule has 1 aromatic heterocycles. The summed E-state index contributed by atoms with van der Waals surface area (Å²) in [5.41, 5.74) is 1.67. The lowest BCUT2D eigenvalue weighted by Crippen LogP contribution is -2.37. The molecular weight excluding hydrogens is 446 g/mol. The molecule has 1 aromatic carbocycles. The van der Waals surface area contributed by atoms with Crippen LogP contribution in [0.3, 0.4) is 0 Å². The van der Waals surface area contributed by atoms with Crippen LogP contribution in [0.15, 0.2) is 32.8 Å². The highest BCUT2D eigenvalue weighted by atomic mass is 32.2. The van der Waals surface area contributed by atoms with Crippen molar-refractivity contribution in [2.45, 2.75) is 11.3 Å². The summed E-state index contributed by atoms with van der Waals surface area (Å²) in [7, 11) is 0. The first-order valence-corrected chi connectivity index (χ1v) is 11.6. The molecular formula is C19H17N3O5S3. The van der Waals surface area contributed by atoms with Crippen molar-refractivity contribution >= 4 is 58.0 Å². The van der Waals surface area contributed by atoms with Gasteiger partial charge in [0.15, 0.2) is 15.8 Å². The number of carbonyl (C=O) groups is 3. The molecule has 2 aliphatic rings. The predicted octanol–water partition coefficient (Wildman–Crippen LogP) is 3.13. The van der Waals surface area contributed by atoms with Crippen LogP contribution >= 0.6 is 34.9 Å². The molecule has 1 fully saturated rings. The summed E-state index contributed by atoms with van der Waals surface area (Å²) >= 11 is 3.73. The summed E-state index contributed by atoms with van der Waals surface area (Å²) in [4.78, 5) is 42.5. The average molecular weight is 464 g/mol. The Bertz CT molecular complexity index is 1040. The summed E-state index contributed by atoms with van der Waals surface area (Å²) < 4.78 is 11.4. The number of nitrogens with one attached hydrogen (secondary N) is 1. The smallest absolute Gasteiger partial charge is 0.293 e. The second kappa shape index (κ2) is 9.11. The van der Waals surface area contributed by atoms with Crippen LogP contribution < -0.4 is 14.8 Å². The molecule has 0 aliphatic carbocycles. The average Bonchev–Trinajstić information content (AvgIpc) is 3.42. The van der Waals surface area contributed by atoms with Crippen LogP contribution in [0.5, 0.6) is 11.5 Å². The van der Waals surface area contributed by atoms with Crippen LogP contribution in [-0.2, 0) is 9.59 Å². The van der Waals surface area contributed by atoms with Gasteiger partial charge in [0.1, 0.15) is 0 Å². The van der Waals surface area contributed by atoms with Gasteiger partial charge in [0.05, 0.1) is 10.7 Å². The van der Waals surface area contributed by atoms with E-state index in [1.165, 1.54) is 23.1 Å². The number of benzene rings is 1. The van der Waals surface area contributed by atoms with Gasteiger partial charge in [-0.05, 0) is 42.5 Å². The van der Waals surface area contributed by atoms with Gasteiger partial charge in [-0.2, -0.15) is 0 Å². The summed E-state index contributed by atoms with van der Waals surface area (Å²) in [5, 5.41) is 4.31. The first-order chi connectivity index (χ1) is 14.5. The highest BCUT2D eigenvalue weighted by Gasteiger charge is 2.34. The van der Waals surface area contributed by atoms with Crippen molar-refractivity contribution in [2.75, 3.05) is 25.6 Å². The van der Waals surface area contributed by atoms with Crippen molar-refractivity contribution in [3.8, 4) is 11.5 Å². The summed E-state index contributed by atoms with van der Waals surface area (Å²) in [6.45, 7) is 2.39. The van der Waals surface area contributed by atoms with Crippen molar-refractivity contribution in [1.29, 1.82) is 0 Å². The van der Waals surface area contributed by atoms with Gasteiger partial charge in [-0.25, -0.2) is 4.98 Å². The van der Waals surface area contributed by atoms with Crippen LogP contribution in [0, 0.1) is 6.92 Å². The quantitative estimate of drug-likeness (QED) is 0.494. The number of ether oxygens (including phenoxy) is 2.